The molecule has 1 aliphatic rings. The van der Waals surface area contributed by atoms with Gasteiger partial charge in [-0.2, -0.15) is 4.98 Å². The second-order valence-electron chi connectivity index (χ2n) is 7.94. The van der Waals surface area contributed by atoms with Crippen molar-refractivity contribution < 1.29 is 8.42 Å². The van der Waals surface area contributed by atoms with E-state index in [1.807, 2.05) is 19.1 Å². The minimum atomic E-state index is -3.75. The van der Waals surface area contributed by atoms with E-state index < -0.39 is 15.4 Å². The van der Waals surface area contributed by atoms with Crippen LogP contribution in [0.4, 0.5) is 17.5 Å². The van der Waals surface area contributed by atoms with Crippen LogP contribution >= 0.6 is 11.6 Å². The zero-order valence-corrected chi connectivity index (χ0v) is 19.8. The Labute approximate surface area is 192 Å². The molecule has 0 aliphatic carbocycles. The van der Waals surface area contributed by atoms with Crippen molar-refractivity contribution in [3.8, 4) is 0 Å². The number of rotatable bonds is 6. The maximum absolute atomic E-state index is 13.0. The lowest BCUT2D eigenvalue weighted by Crippen LogP contribution is -2.45. The highest BCUT2D eigenvalue weighted by molar-refractivity contribution is 7.93. The second kappa shape index (κ2) is 9.05. The molecule has 1 saturated heterocycles. The van der Waals surface area contributed by atoms with Crippen molar-refractivity contribution in [1.29, 1.82) is 0 Å². The molecule has 2 aromatic heterocycles. The summed E-state index contributed by atoms with van der Waals surface area (Å²) in [6.45, 7) is 6.79. The molecule has 4 rings (SSSR count). The molecule has 1 aliphatic heterocycles. The van der Waals surface area contributed by atoms with Crippen LogP contribution in [0.2, 0.25) is 5.15 Å². The van der Waals surface area contributed by atoms with Gasteiger partial charge in [-0.15, -0.1) is 0 Å². The molecule has 0 saturated carbocycles. The van der Waals surface area contributed by atoms with Crippen molar-refractivity contribution in [3.63, 3.8) is 0 Å². The predicted molar refractivity (Wildman–Crippen MR) is 129 cm³/mol. The predicted octanol–water partition coefficient (Wildman–Crippen LogP) is 2.94. The summed E-state index contributed by atoms with van der Waals surface area (Å²) in [5.41, 5.74) is 1.97. The molecule has 1 fully saturated rings. The van der Waals surface area contributed by atoms with E-state index in [4.69, 9.17) is 11.6 Å². The van der Waals surface area contributed by atoms with Gasteiger partial charge in [0, 0.05) is 31.6 Å². The van der Waals surface area contributed by atoms with E-state index in [2.05, 4.69) is 41.8 Å². The Hall–Kier alpha value is -2.69. The zero-order valence-electron chi connectivity index (χ0n) is 18.2. The first-order valence-corrected chi connectivity index (χ1v) is 12.3. The minimum absolute atomic E-state index is 0.282. The molecule has 0 bridgehead atoms. The maximum Gasteiger partial charge on any atom is 0.253 e. The van der Waals surface area contributed by atoms with Crippen LogP contribution in [0, 0.1) is 6.92 Å². The molecular weight excluding hydrogens is 450 g/mol. The Morgan fingerprint density at radius 3 is 2.56 bits per heavy atom. The zero-order chi connectivity index (χ0) is 22.9. The summed E-state index contributed by atoms with van der Waals surface area (Å²) in [6.07, 6.45) is 1.58. The molecular formula is C21H26ClN7O2S. The fraction of sp³-hybridized carbons (Fsp3) is 0.381. The smallest absolute Gasteiger partial charge is 0.253 e. The molecule has 3 aromatic rings. The first-order valence-electron chi connectivity index (χ1n) is 10.3. The fourth-order valence-electron chi connectivity index (χ4n) is 3.45. The highest BCUT2D eigenvalue weighted by Gasteiger charge is 2.24. The maximum atomic E-state index is 13.0. The van der Waals surface area contributed by atoms with Gasteiger partial charge in [0.2, 0.25) is 5.95 Å². The third-order valence-electron chi connectivity index (χ3n) is 5.53. The van der Waals surface area contributed by atoms with Crippen LogP contribution in [-0.4, -0.2) is 66.9 Å². The van der Waals surface area contributed by atoms with Gasteiger partial charge in [-0.1, -0.05) is 29.8 Å². The van der Waals surface area contributed by atoms with Crippen molar-refractivity contribution >= 4 is 50.0 Å². The van der Waals surface area contributed by atoms with Gasteiger partial charge in [0.1, 0.15) is 16.3 Å². The number of aromatic nitrogens is 3. The number of sulfonamides is 1. The number of aryl methyl sites for hydroxylation is 1. The molecule has 0 spiro atoms. The number of benzene rings is 1. The van der Waals surface area contributed by atoms with E-state index in [0.717, 1.165) is 31.7 Å². The lowest BCUT2D eigenvalue weighted by Gasteiger charge is -2.32. The summed E-state index contributed by atoms with van der Waals surface area (Å²) in [6, 6.07) is 8.88. The number of para-hydroxylation sites is 1. The number of hydrogen-bond donors (Lipinski definition) is 2. The van der Waals surface area contributed by atoms with Crippen LogP contribution in [0.5, 0.6) is 0 Å². The number of fused-ring (bicyclic) bond motifs is 1. The van der Waals surface area contributed by atoms with E-state index in [1.165, 1.54) is 0 Å². The molecule has 1 atom stereocenters. The second-order valence-corrected chi connectivity index (χ2v) is 10.3. The standard InChI is InChI=1S/C21H26ClN7O2S/c1-14-6-4-5-7-17(14)27-32(30,31)15(2)24-20-16-12-19(22)23-13-18(16)25-21(26-20)29-10-8-28(3)9-11-29/h4-7,12-13,15,27H,8-11H2,1-3H3,(H,24,25,26). The Balaban J connectivity index is 1.66. The summed E-state index contributed by atoms with van der Waals surface area (Å²) in [5, 5.41) is 2.98. The molecule has 9 nitrogen and oxygen atoms in total. The van der Waals surface area contributed by atoms with Gasteiger partial charge in [-0.05, 0) is 38.6 Å². The Morgan fingerprint density at radius 1 is 1.12 bits per heavy atom. The Morgan fingerprint density at radius 2 is 1.84 bits per heavy atom. The summed E-state index contributed by atoms with van der Waals surface area (Å²) < 4.78 is 28.7. The first-order chi connectivity index (χ1) is 15.2. The summed E-state index contributed by atoms with van der Waals surface area (Å²) >= 11 is 6.11. The molecule has 0 radical (unpaired) electrons. The molecule has 2 N–H and O–H groups in total. The molecule has 170 valence electrons. The van der Waals surface area contributed by atoms with Gasteiger partial charge in [-0.3, -0.25) is 4.72 Å². The average molecular weight is 476 g/mol. The third-order valence-corrected chi connectivity index (χ3v) is 7.29. The van der Waals surface area contributed by atoms with Crippen molar-refractivity contribution in [2.24, 2.45) is 0 Å². The lowest BCUT2D eigenvalue weighted by atomic mass is 10.2. The van der Waals surface area contributed by atoms with E-state index in [1.54, 1.807) is 31.3 Å². The number of nitrogens with zero attached hydrogens (tertiary/aromatic N) is 5. The van der Waals surface area contributed by atoms with Crippen LogP contribution in [-0.2, 0) is 10.0 Å². The van der Waals surface area contributed by atoms with Crippen molar-refractivity contribution in [2.45, 2.75) is 19.2 Å². The van der Waals surface area contributed by atoms with Gasteiger partial charge in [0.05, 0.1) is 17.4 Å². The number of hydrogen-bond acceptors (Lipinski definition) is 8. The van der Waals surface area contributed by atoms with E-state index in [9.17, 15) is 8.42 Å². The van der Waals surface area contributed by atoms with E-state index in [-0.39, 0.29) is 5.15 Å². The summed E-state index contributed by atoms with van der Waals surface area (Å²) in [7, 11) is -1.67. The normalized spacial score (nSPS) is 16.2. The monoisotopic (exact) mass is 475 g/mol. The van der Waals surface area contributed by atoms with E-state index >= 15 is 0 Å². The van der Waals surface area contributed by atoms with Gasteiger partial charge < -0.3 is 15.1 Å². The van der Waals surface area contributed by atoms with Crippen LogP contribution in [0.25, 0.3) is 10.9 Å². The number of pyridine rings is 1. The third kappa shape index (κ3) is 4.87. The van der Waals surface area contributed by atoms with Crippen molar-refractivity contribution in [1.82, 2.24) is 19.9 Å². The average Bonchev–Trinajstić information content (AvgIpc) is 2.76. The van der Waals surface area contributed by atoms with Crippen LogP contribution < -0.4 is 14.9 Å². The summed E-state index contributed by atoms with van der Waals surface area (Å²) in [4.78, 5) is 17.8. The molecule has 1 unspecified atom stereocenters. The number of piperazine rings is 1. The largest absolute Gasteiger partial charge is 0.352 e. The molecule has 0 amide bonds. The molecule has 32 heavy (non-hydrogen) atoms. The Bertz CT molecular complexity index is 1230. The number of nitrogens with one attached hydrogen (secondary N) is 2. The summed E-state index contributed by atoms with van der Waals surface area (Å²) in [5.74, 6) is 0.935. The number of anilines is 3. The molecule has 3 heterocycles. The van der Waals surface area contributed by atoms with Gasteiger partial charge >= 0.3 is 0 Å². The highest BCUT2D eigenvalue weighted by Crippen LogP contribution is 2.27. The first kappa shape index (κ1) is 22.5. The van der Waals surface area contributed by atoms with Crippen molar-refractivity contribution in [2.75, 3.05) is 48.2 Å². The van der Waals surface area contributed by atoms with Gasteiger partial charge in [-0.25, -0.2) is 18.4 Å². The Kier molecular flexibility index (Phi) is 6.36. The quantitative estimate of drug-likeness (QED) is 0.524. The highest BCUT2D eigenvalue weighted by atomic mass is 35.5. The van der Waals surface area contributed by atoms with E-state index in [0.29, 0.717) is 28.4 Å². The minimum Gasteiger partial charge on any atom is -0.352 e. The van der Waals surface area contributed by atoms with Crippen molar-refractivity contribution in [3.05, 3.63) is 47.2 Å². The molecule has 1 aromatic carbocycles. The number of likely N-dealkylation sites (N-methyl/N-ethyl adjacent to an activating group) is 1. The van der Waals surface area contributed by atoms with Crippen LogP contribution in [0.3, 0.4) is 0 Å². The molecule has 11 heteroatoms. The topological polar surface area (TPSA) is 103 Å². The van der Waals surface area contributed by atoms with Crippen LogP contribution in [0.15, 0.2) is 36.5 Å². The van der Waals surface area contributed by atoms with Crippen LogP contribution in [0.1, 0.15) is 12.5 Å². The fourth-order valence-corrected chi connectivity index (χ4v) is 4.59. The SMILES string of the molecule is Cc1ccccc1NS(=O)(=O)C(C)Nc1nc(N2CCN(C)CC2)nc2cnc(Cl)cc12. The van der Waals surface area contributed by atoms with Gasteiger partial charge in [0.25, 0.3) is 10.0 Å². The lowest BCUT2D eigenvalue weighted by molar-refractivity contribution is 0.311. The number of halogens is 1. The van der Waals surface area contributed by atoms with Gasteiger partial charge in [0.15, 0.2) is 0 Å².